The van der Waals surface area contributed by atoms with E-state index < -0.39 is 4.92 Å². The molecule has 0 spiro atoms. The van der Waals surface area contributed by atoms with Gasteiger partial charge >= 0.3 is 0 Å². The van der Waals surface area contributed by atoms with Gasteiger partial charge in [-0.15, -0.1) is 0 Å². The van der Waals surface area contributed by atoms with Crippen LogP contribution in [0.4, 0.5) is 11.4 Å². The van der Waals surface area contributed by atoms with Crippen LogP contribution in [0, 0.1) is 10.1 Å². The molecule has 0 unspecified atom stereocenters. The molecule has 6 heteroatoms. The van der Waals surface area contributed by atoms with Crippen molar-refractivity contribution in [1.82, 2.24) is 0 Å². The van der Waals surface area contributed by atoms with Gasteiger partial charge in [0.05, 0.1) is 12.0 Å². The molecule has 2 aromatic rings. The normalized spacial score (nSPS) is 11.6. The largest absolute Gasteiger partial charge is 0.496 e. The van der Waals surface area contributed by atoms with Crippen LogP contribution in [0.3, 0.4) is 0 Å². The van der Waals surface area contributed by atoms with Crippen LogP contribution in [-0.2, 0) is 4.79 Å². The van der Waals surface area contributed by atoms with Crippen LogP contribution < -0.4 is 9.64 Å². The van der Waals surface area contributed by atoms with Crippen molar-refractivity contribution in [1.29, 1.82) is 0 Å². The Labute approximate surface area is 140 Å². The number of carbonyl (C=O) groups excluding carboxylic acids is 1. The Hall–Kier alpha value is -2.89. The van der Waals surface area contributed by atoms with Gasteiger partial charge in [0, 0.05) is 55.9 Å². The number of benzene rings is 2. The highest BCUT2D eigenvalue weighted by Crippen LogP contribution is 2.36. The van der Waals surface area contributed by atoms with Gasteiger partial charge in [0.1, 0.15) is 12.0 Å². The molecule has 0 saturated heterocycles. The van der Waals surface area contributed by atoms with Crippen molar-refractivity contribution in [2.24, 2.45) is 0 Å². The summed E-state index contributed by atoms with van der Waals surface area (Å²) >= 11 is 0. The Balaban J connectivity index is 2.46. The second kappa shape index (κ2) is 7.59. The summed E-state index contributed by atoms with van der Waals surface area (Å²) in [5, 5.41) is 10.8. The maximum atomic E-state index is 11.2. The van der Waals surface area contributed by atoms with E-state index in [1.54, 1.807) is 19.2 Å². The molecule has 0 amide bonds. The number of hydrogen-bond acceptors (Lipinski definition) is 5. The highest BCUT2D eigenvalue weighted by atomic mass is 16.6. The first kappa shape index (κ1) is 17.5. The molecular weight excluding hydrogens is 308 g/mol. The number of aldehydes is 1. The highest BCUT2D eigenvalue weighted by Gasteiger charge is 2.20. The summed E-state index contributed by atoms with van der Waals surface area (Å²) in [6.45, 7) is 0. The number of anilines is 1. The van der Waals surface area contributed by atoms with Crippen molar-refractivity contribution in [2.75, 3.05) is 26.1 Å². The Morgan fingerprint density at radius 1 is 1.21 bits per heavy atom. The molecule has 0 radical (unpaired) electrons. The summed E-state index contributed by atoms with van der Waals surface area (Å²) in [4.78, 5) is 23.5. The lowest BCUT2D eigenvalue weighted by atomic mass is 9.88. The summed E-state index contributed by atoms with van der Waals surface area (Å²) in [7, 11) is 5.47. The van der Waals surface area contributed by atoms with E-state index in [0.29, 0.717) is 5.75 Å². The van der Waals surface area contributed by atoms with Gasteiger partial charge in [0.25, 0.3) is 5.69 Å². The van der Waals surface area contributed by atoms with Crippen molar-refractivity contribution in [3.05, 3.63) is 63.7 Å². The summed E-state index contributed by atoms with van der Waals surface area (Å²) in [5.74, 6) is 0.473. The SMILES string of the molecule is COc1cc(N(C)C)ccc1[C@H](CC=O)c1ccc([N+](=O)[O-])cc1. The van der Waals surface area contributed by atoms with Gasteiger partial charge in [-0.1, -0.05) is 18.2 Å². The first-order chi connectivity index (χ1) is 11.5. The first-order valence-corrected chi connectivity index (χ1v) is 7.51. The van der Waals surface area contributed by atoms with Crippen molar-refractivity contribution < 1.29 is 14.5 Å². The summed E-state index contributed by atoms with van der Waals surface area (Å²) in [6, 6.07) is 12.1. The number of carbonyl (C=O) groups is 1. The van der Waals surface area contributed by atoms with Crippen molar-refractivity contribution in [3.63, 3.8) is 0 Å². The van der Waals surface area contributed by atoms with E-state index in [-0.39, 0.29) is 18.0 Å². The lowest BCUT2D eigenvalue weighted by Gasteiger charge is -2.21. The van der Waals surface area contributed by atoms with Crippen LogP contribution in [0.5, 0.6) is 5.75 Å². The third-order valence-electron chi connectivity index (χ3n) is 3.95. The third kappa shape index (κ3) is 3.71. The van der Waals surface area contributed by atoms with E-state index in [1.807, 2.05) is 37.2 Å². The molecule has 126 valence electrons. The zero-order valence-corrected chi connectivity index (χ0v) is 13.9. The number of nitrogens with zero attached hydrogens (tertiary/aromatic N) is 2. The van der Waals surface area contributed by atoms with Gasteiger partial charge in [-0.2, -0.15) is 0 Å². The van der Waals surface area contributed by atoms with Gasteiger partial charge in [-0.25, -0.2) is 0 Å². The third-order valence-corrected chi connectivity index (χ3v) is 3.95. The monoisotopic (exact) mass is 328 g/mol. The van der Waals surface area contributed by atoms with Crippen LogP contribution in [0.2, 0.25) is 0 Å². The molecule has 0 aliphatic heterocycles. The van der Waals surface area contributed by atoms with Crippen molar-refractivity contribution in [3.8, 4) is 5.75 Å². The van der Waals surface area contributed by atoms with Crippen LogP contribution in [0.15, 0.2) is 42.5 Å². The van der Waals surface area contributed by atoms with Gasteiger partial charge in [-0.3, -0.25) is 10.1 Å². The van der Waals surface area contributed by atoms with Gasteiger partial charge < -0.3 is 14.4 Å². The fourth-order valence-electron chi connectivity index (χ4n) is 2.63. The van der Waals surface area contributed by atoms with Gasteiger partial charge in [0.15, 0.2) is 0 Å². The number of ether oxygens (including phenoxy) is 1. The molecule has 6 nitrogen and oxygen atoms in total. The van der Waals surface area contributed by atoms with Crippen LogP contribution in [0.25, 0.3) is 0 Å². The predicted molar refractivity (Wildman–Crippen MR) is 92.9 cm³/mol. The molecule has 0 aliphatic carbocycles. The lowest BCUT2D eigenvalue weighted by molar-refractivity contribution is -0.384. The molecule has 0 fully saturated rings. The number of hydrogen-bond donors (Lipinski definition) is 0. The molecule has 0 saturated carbocycles. The van der Waals surface area contributed by atoms with Gasteiger partial charge in [0.2, 0.25) is 0 Å². The number of non-ortho nitro benzene ring substituents is 1. The quantitative estimate of drug-likeness (QED) is 0.442. The maximum absolute atomic E-state index is 11.2. The molecule has 0 bridgehead atoms. The molecular formula is C18H20N2O4. The molecule has 0 heterocycles. The van der Waals surface area contributed by atoms with E-state index in [9.17, 15) is 14.9 Å². The molecule has 0 aliphatic rings. The standard InChI is InChI=1S/C18H20N2O4/c1-19(2)15-8-9-17(18(12-15)24-3)16(10-11-21)13-4-6-14(7-5-13)20(22)23/h4-9,11-12,16H,10H2,1-3H3/t16-/m1/s1. The zero-order valence-electron chi connectivity index (χ0n) is 13.9. The summed E-state index contributed by atoms with van der Waals surface area (Å²) < 4.78 is 5.50. The molecule has 2 rings (SSSR count). The minimum atomic E-state index is -0.440. The van der Waals surface area contributed by atoms with Crippen LogP contribution >= 0.6 is 0 Å². The van der Waals surface area contributed by atoms with E-state index in [0.717, 1.165) is 23.1 Å². The second-order valence-corrected chi connectivity index (χ2v) is 5.62. The minimum Gasteiger partial charge on any atom is -0.496 e. The summed E-state index contributed by atoms with van der Waals surface area (Å²) in [6.07, 6.45) is 1.13. The molecule has 2 aromatic carbocycles. The Bertz CT molecular complexity index is 726. The average Bonchev–Trinajstić information content (AvgIpc) is 2.59. The minimum absolute atomic E-state index is 0.0264. The number of rotatable bonds is 7. The second-order valence-electron chi connectivity index (χ2n) is 5.62. The fourth-order valence-corrected chi connectivity index (χ4v) is 2.63. The van der Waals surface area contributed by atoms with E-state index in [4.69, 9.17) is 4.74 Å². The maximum Gasteiger partial charge on any atom is 0.269 e. The number of nitro groups is 1. The van der Waals surface area contributed by atoms with E-state index >= 15 is 0 Å². The zero-order chi connectivity index (χ0) is 17.7. The molecule has 0 N–H and O–H groups in total. The van der Waals surface area contributed by atoms with E-state index in [1.165, 1.54) is 12.1 Å². The lowest BCUT2D eigenvalue weighted by Crippen LogP contribution is -2.10. The smallest absolute Gasteiger partial charge is 0.269 e. The first-order valence-electron chi connectivity index (χ1n) is 7.51. The van der Waals surface area contributed by atoms with Crippen molar-refractivity contribution in [2.45, 2.75) is 12.3 Å². The summed E-state index contributed by atoms with van der Waals surface area (Å²) in [5.41, 5.74) is 2.73. The molecule has 0 aromatic heterocycles. The molecule has 24 heavy (non-hydrogen) atoms. The Morgan fingerprint density at radius 3 is 2.38 bits per heavy atom. The Kier molecular flexibility index (Phi) is 5.52. The fraction of sp³-hybridized carbons (Fsp3) is 0.278. The Morgan fingerprint density at radius 2 is 1.88 bits per heavy atom. The van der Waals surface area contributed by atoms with E-state index in [2.05, 4.69) is 0 Å². The van der Waals surface area contributed by atoms with Gasteiger partial charge in [-0.05, 0) is 11.6 Å². The van der Waals surface area contributed by atoms with Crippen LogP contribution in [0.1, 0.15) is 23.5 Å². The predicted octanol–water partition coefficient (Wildman–Crippen LogP) is 3.39. The van der Waals surface area contributed by atoms with Crippen molar-refractivity contribution >= 4 is 17.7 Å². The number of nitro benzene ring substituents is 1. The number of methoxy groups -OCH3 is 1. The topological polar surface area (TPSA) is 72.7 Å². The highest BCUT2D eigenvalue weighted by molar-refractivity contribution is 5.59. The molecule has 1 atom stereocenters. The van der Waals surface area contributed by atoms with Crippen LogP contribution in [-0.4, -0.2) is 32.4 Å². The average molecular weight is 328 g/mol.